The fraction of sp³-hybridized carbons (Fsp3) is 0.0308. The smallest absolute Gasteiger partial charge is 0.164 e. The van der Waals surface area contributed by atoms with Gasteiger partial charge in [0.1, 0.15) is 0 Å². The lowest BCUT2D eigenvalue weighted by Gasteiger charge is -2.33. The second-order valence-corrected chi connectivity index (χ2v) is 18.2. The molecule has 4 heteroatoms. The summed E-state index contributed by atoms with van der Waals surface area (Å²) in [5.41, 5.74) is 19.2. The van der Waals surface area contributed by atoms with Gasteiger partial charge in [0, 0.05) is 39.1 Å². The summed E-state index contributed by atoms with van der Waals surface area (Å²) >= 11 is 0. The van der Waals surface area contributed by atoms with Gasteiger partial charge in [0.25, 0.3) is 0 Å². The Morgan fingerprint density at radius 3 is 1.64 bits per heavy atom. The Balaban J connectivity index is 1.02. The Kier molecular flexibility index (Phi) is 8.83. The Bertz CT molecular complexity index is 3910. The van der Waals surface area contributed by atoms with Crippen LogP contribution in [-0.2, 0) is 5.41 Å². The van der Waals surface area contributed by atoms with Crippen molar-refractivity contribution in [2.75, 3.05) is 0 Å². The fourth-order valence-corrected chi connectivity index (χ4v) is 11.7. The first-order chi connectivity index (χ1) is 34.2. The Morgan fingerprint density at radius 2 is 0.884 bits per heavy atom. The highest BCUT2D eigenvalue weighted by Gasteiger charge is 2.47. The van der Waals surface area contributed by atoms with Gasteiger partial charge in [-0.2, -0.15) is 0 Å². The van der Waals surface area contributed by atoms with Gasteiger partial charge in [-0.25, -0.2) is 15.0 Å². The highest BCUT2D eigenvalue weighted by Crippen LogP contribution is 2.58. The number of aromatic nitrogens is 4. The molecule has 0 amide bonds. The summed E-state index contributed by atoms with van der Waals surface area (Å²) < 4.78 is 2.35. The van der Waals surface area contributed by atoms with E-state index >= 15 is 0 Å². The van der Waals surface area contributed by atoms with Crippen LogP contribution in [0, 0.1) is 0 Å². The van der Waals surface area contributed by atoms with Crippen LogP contribution in [0.4, 0.5) is 0 Å². The molecule has 1 unspecified atom stereocenters. The van der Waals surface area contributed by atoms with Gasteiger partial charge < -0.3 is 4.57 Å². The summed E-state index contributed by atoms with van der Waals surface area (Å²) in [6.07, 6.45) is 0. The third-order valence-corrected chi connectivity index (χ3v) is 14.6. The topological polar surface area (TPSA) is 43.6 Å². The van der Waals surface area contributed by atoms with Gasteiger partial charge in [0.05, 0.1) is 16.4 Å². The maximum absolute atomic E-state index is 5.53. The van der Waals surface area contributed by atoms with Crippen molar-refractivity contribution < 1.29 is 0 Å². The number of benzene rings is 10. The lowest BCUT2D eigenvalue weighted by molar-refractivity contribution is 0.768. The van der Waals surface area contributed by atoms with E-state index in [2.05, 4.69) is 253 Å². The molecule has 0 bridgehead atoms. The Hall–Kier alpha value is -8.99. The maximum Gasteiger partial charge on any atom is 0.164 e. The molecule has 14 rings (SSSR count). The van der Waals surface area contributed by atoms with E-state index in [0.29, 0.717) is 17.5 Å². The molecule has 1 atom stereocenters. The minimum atomic E-state index is -0.566. The van der Waals surface area contributed by atoms with Gasteiger partial charge in [-0.3, -0.25) is 0 Å². The third-order valence-electron chi connectivity index (χ3n) is 14.6. The number of para-hydroxylation sites is 2. The fourth-order valence-electron chi connectivity index (χ4n) is 11.7. The van der Waals surface area contributed by atoms with Crippen molar-refractivity contribution in [1.29, 1.82) is 0 Å². The number of hydrogen-bond donors (Lipinski definition) is 0. The van der Waals surface area contributed by atoms with Crippen molar-refractivity contribution in [2.24, 2.45) is 0 Å². The monoisotopic (exact) mass is 878 g/mol. The first kappa shape index (κ1) is 39.2. The minimum absolute atomic E-state index is 0.141. The van der Waals surface area contributed by atoms with Crippen LogP contribution in [0.1, 0.15) is 44.9 Å². The Labute approximate surface area is 400 Å². The standard InChI is InChI=1S/C65H42N4/c1-5-20-42(21-6-1)60-50-30-14-13-28-48(50)54-40-43(36-38-51(54)60)62-66-63(44-37-39-59-55(41-44)49-29-16-18-35-58(49)69(59)47-26-11-4-12-27-47)68-64(67-62)53-32-19-34-57-61(53)52-31-15-17-33-56(52)65(57,45-22-7-2-8-23-45)46-24-9-3-10-25-46/h1-41,60H. The summed E-state index contributed by atoms with van der Waals surface area (Å²) in [6.45, 7) is 0. The summed E-state index contributed by atoms with van der Waals surface area (Å²) in [5.74, 6) is 2.03. The first-order valence-corrected chi connectivity index (χ1v) is 23.7. The van der Waals surface area contributed by atoms with Crippen LogP contribution in [0.15, 0.2) is 249 Å². The molecule has 69 heavy (non-hydrogen) atoms. The number of nitrogens with zero attached hydrogens (tertiary/aromatic N) is 4. The first-order valence-electron chi connectivity index (χ1n) is 23.7. The van der Waals surface area contributed by atoms with Gasteiger partial charge in [-0.15, -0.1) is 0 Å². The molecule has 0 aliphatic heterocycles. The van der Waals surface area contributed by atoms with Gasteiger partial charge in [0.15, 0.2) is 17.5 Å². The van der Waals surface area contributed by atoms with Crippen molar-refractivity contribution in [3.05, 3.63) is 288 Å². The van der Waals surface area contributed by atoms with E-state index in [1.807, 2.05) is 0 Å². The molecular formula is C65H42N4. The van der Waals surface area contributed by atoms with E-state index in [1.165, 1.54) is 61.0 Å². The molecular weight excluding hydrogens is 837 g/mol. The molecule has 0 saturated carbocycles. The lowest BCUT2D eigenvalue weighted by atomic mass is 9.67. The van der Waals surface area contributed by atoms with Crippen molar-refractivity contribution in [1.82, 2.24) is 19.5 Å². The summed E-state index contributed by atoms with van der Waals surface area (Å²) in [7, 11) is 0. The highest BCUT2D eigenvalue weighted by molar-refractivity contribution is 6.10. The zero-order chi connectivity index (χ0) is 45.5. The maximum atomic E-state index is 5.53. The van der Waals surface area contributed by atoms with Crippen molar-refractivity contribution in [3.63, 3.8) is 0 Å². The van der Waals surface area contributed by atoms with Crippen molar-refractivity contribution >= 4 is 21.8 Å². The summed E-state index contributed by atoms with van der Waals surface area (Å²) in [5, 5.41) is 2.32. The van der Waals surface area contributed by atoms with Gasteiger partial charge in [-0.05, 0) is 104 Å². The second kappa shape index (κ2) is 15.5. The van der Waals surface area contributed by atoms with Crippen LogP contribution in [0.2, 0.25) is 0 Å². The van der Waals surface area contributed by atoms with Gasteiger partial charge in [-0.1, -0.05) is 206 Å². The van der Waals surface area contributed by atoms with Gasteiger partial charge in [0.2, 0.25) is 0 Å². The van der Waals surface area contributed by atoms with E-state index in [9.17, 15) is 0 Å². The Morgan fingerprint density at radius 1 is 0.348 bits per heavy atom. The normalized spacial score (nSPS) is 14.1. The van der Waals surface area contributed by atoms with E-state index in [1.54, 1.807) is 0 Å². The van der Waals surface area contributed by atoms with E-state index in [4.69, 9.17) is 15.0 Å². The van der Waals surface area contributed by atoms with E-state index in [0.717, 1.165) is 44.4 Å². The minimum Gasteiger partial charge on any atom is -0.309 e. The zero-order valence-corrected chi connectivity index (χ0v) is 37.5. The molecule has 0 fully saturated rings. The highest BCUT2D eigenvalue weighted by atomic mass is 15.0. The molecule has 0 N–H and O–H groups in total. The largest absolute Gasteiger partial charge is 0.309 e. The molecule has 0 saturated heterocycles. The van der Waals surface area contributed by atoms with Crippen LogP contribution >= 0.6 is 0 Å². The quantitative estimate of drug-likeness (QED) is 0.160. The average molecular weight is 879 g/mol. The zero-order valence-electron chi connectivity index (χ0n) is 37.5. The van der Waals surface area contributed by atoms with Crippen LogP contribution in [0.25, 0.3) is 83.9 Å². The SMILES string of the molecule is c1ccc(C2c3ccccc3-c3cc(-c4nc(-c5ccc6c(c5)c5ccccc5n6-c5ccccc5)nc(-c5cccc6c5-c5ccccc5C6(c5ccccc5)c5ccccc5)n4)ccc32)cc1. The number of fused-ring (bicyclic) bond motifs is 9. The average Bonchev–Trinajstić information content (AvgIpc) is 4.06. The van der Waals surface area contributed by atoms with Crippen LogP contribution in [0.3, 0.4) is 0 Å². The predicted octanol–water partition coefficient (Wildman–Crippen LogP) is 15.5. The van der Waals surface area contributed by atoms with Crippen LogP contribution in [0.5, 0.6) is 0 Å². The lowest BCUT2D eigenvalue weighted by Crippen LogP contribution is -2.28. The summed E-state index contributed by atoms with van der Waals surface area (Å²) in [4.78, 5) is 16.5. The third kappa shape index (κ3) is 5.92. The molecule has 322 valence electrons. The van der Waals surface area contributed by atoms with Crippen molar-refractivity contribution in [3.8, 4) is 62.1 Å². The second-order valence-electron chi connectivity index (χ2n) is 18.2. The molecule has 2 aliphatic rings. The number of hydrogen-bond acceptors (Lipinski definition) is 3. The molecule has 10 aromatic carbocycles. The van der Waals surface area contributed by atoms with Crippen LogP contribution < -0.4 is 0 Å². The molecule has 2 heterocycles. The molecule has 2 aliphatic carbocycles. The van der Waals surface area contributed by atoms with E-state index in [-0.39, 0.29) is 5.92 Å². The molecule has 0 radical (unpaired) electrons. The summed E-state index contributed by atoms with van der Waals surface area (Å²) in [6, 6.07) is 89.9. The number of rotatable bonds is 7. The van der Waals surface area contributed by atoms with Gasteiger partial charge >= 0.3 is 0 Å². The van der Waals surface area contributed by atoms with Crippen LogP contribution in [-0.4, -0.2) is 19.5 Å². The van der Waals surface area contributed by atoms with Crippen molar-refractivity contribution in [2.45, 2.75) is 11.3 Å². The molecule has 12 aromatic rings. The molecule has 2 aromatic heterocycles. The molecule has 4 nitrogen and oxygen atoms in total. The predicted molar refractivity (Wildman–Crippen MR) is 281 cm³/mol. The molecule has 0 spiro atoms. The van der Waals surface area contributed by atoms with E-state index < -0.39 is 5.41 Å².